The average molecular weight is 396 g/mol. The van der Waals surface area contributed by atoms with E-state index in [-0.39, 0.29) is 0 Å². The third-order valence-electron chi connectivity index (χ3n) is 3.76. The van der Waals surface area contributed by atoms with Crippen LogP contribution in [0.15, 0.2) is 0 Å². The summed E-state index contributed by atoms with van der Waals surface area (Å²) in [5.41, 5.74) is -7.37. The van der Waals surface area contributed by atoms with Crippen LogP contribution in [0.5, 0.6) is 0 Å². The van der Waals surface area contributed by atoms with Gasteiger partial charge in [0.05, 0.1) is 17.1 Å². The Morgan fingerprint density at radius 2 is 1.38 bits per heavy atom. The Balaban J connectivity index is 5.53. The molecule has 1 N–H and O–H groups in total. The second-order valence-corrected chi connectivity index (χ2v) is 7.73. The number of rotatable bonds is 7. The molecule has 0 aromatic rings. The normalized spacial score (nSPS) is 15.7. The molecule has 0 radical (unpaired) electrons. The topological polar surface area (TPSA) is 55.8 Å². The van der Waals surface area contributed by atoms with Crippen LogP contribution in [0.4, 0.5) is 26.3 Å². The van der Waals surface area contributed by atoms with Gasteiger partial charge in [-0.2, -0.15) is 26.3 Å². The Bertz CT molecular complexity index is 463. The van der Waals surface area contributed by atoms with E-state index in [1.165, 1.54) is 13.8 Å². The summed E-state index contributed by atoms with van der Waals surface area (Å²) < 4.78 is 89.1. The molecular formula is C16H26F6O4. The summed E-state index contributed by atoms with van der Waals surface area (Å²) in [5, 5.41) is 9.74. The quantitative estimate of drug-likeness (QED) is 0.512. The summed E-state index contributed by atoms with van der Waals surface area (Å²) in [4.78, 5) is 11.8. The number of aliphatic hydroxyl groups excluding tert-OH is 1. The fourth-order valence-electron chi connectivity index (χ4n) is 1.97. The van der Waals surface area contributed by atoms with Gasteiger partial charge in [-0.15, -0.1) is 0 Å². The highest BCUT2D eigenvalue weighted by Crippen LogP contribution is 2.50. The Labute approximate surface area is 148 Å². The molecule has 0 fully saturated rings. The van der Waals surface area contributed by atoms with Crippen molar-refractivity contribution >= 4 is 5.97 Å². The van der Waals surface area contributed by atoms with Crippen LogP contribution >= 0.6 is 0 Å². The molecule has 1 atom stereocenters. The molecule has 0 aliphatic rings. The maximum absolute atomic E-state index is 13.3. The molecule has 0 spiro atoms. The number of carbonyl (C=O) groups excluding carboxylic acids is 1. The molecule has 0 saturated heterocycles. The van der Waals surface area contributed by atoms with Crippen LogP contribution in [0, 0.1) is 5.41 Å². The van der Waals surface area contributed by atoms with Crippen LogP contribution in [-0.4, -0.2) is 47.3 Å². The van der Waals surface area contributed by atoms with Crippen molar-refractivity contribution in [3.8, 4) is 0 Å². The van der Waals surface area contributed by atoms with Gasteiger partial charge in [-0.05, 0) is 41.0 Å². The SMILES string of the molecule is CCC(C)(C)C(=O)OCC(O)CC(OC(C)(C)C)(C(F)(F)F)C(F)(F)F. The lowest BCUT2D eigenvalue weighted by molar-refractivity contribution is -0.404. The average Bonchev–Trinajstić information content (AvgIpc) is 2.39. The Hall–Kier alpha value is -1.03. The van der Waals surface area contributed by atoms with Gasteiger partial charge in [0.25, 0.3) is 5.60 Å². The first kappa shape index (κ1) is 25.0. The van der Waals surface area contributed by atoms with Crippen LogP contribution in [0.2, 0.25) is 0 Å². The van der Waals surface area contributed by atoms with Crippen molar-refractivity contribution in [2.45, 2.75) is 84.0 Å². The minimum atomic E-state index is -5.84. The summed E-state index contributed by atoms with van der Waals surface area (Å²) in [5.74, 6) is -0.833. The number of halogens is 6. The van der Waals surface area contributed by atoms with Gasteiger partial charge in [-0.1, -0.05) is 6.92 Å². The standard InChI is InChI=1S/C16H26F6O4/c1-7-13(5,6)11(24)25-9-10(23)8-14(15(17,18)19,16(20,21)22)26-12(2,3)4/h10,23H,7-9H2,1-6H3. The zero-order valence-corrected chi connectivity index (χ0v) is 15.6. The molecule has 156 valence electrons. The smallest absolute Gasteiger partial charge is 0.426 e. The van der Waals surface area contributed by atoms with Crippen molar-refractivity contribution in [1.29, 1.82) is 0 Å². The lowest BCUT2D eigenvalue weighted by Gasteiger charge is -2.42. The molecular weight excluding hydrogens is 370 g/mol. The summed E-state index contributed by atoms with van der Waals surface area (Å²) in [6, 6.07) is 0. The van der Waals surface area contributed by atoms with E-state index in [1.54, 1.807) is 6.92 Å². The van der Waals surface area contributed by atoms with Crippen molar-refractivity contribution in [3.63, 3.8) is 0 Å². The lowest BCUT2D eigenvalue weighted by atomic mass is 9.90. The number of hydrogen-bond donors (Lipinski definition) is 1. The molecule has 10 heteroatoms. The van der Waals surface area contributed by atoms with Crippen LogP contribution in [0.1, 0.15) is 54.4 Å². The molecule has 0 bridgehead atoms. The van der Waals surface area contributed by atoms with Crippen LogP contribution in [0.3, 0.4) is 0 Å². The highest BCUT2D eigenvalue weighted by molar-refractivity contribution is 5.75. The van der Waals surface area contributed by atoms with Crippen molar-refractivity contribution < 1.29 is 45.7 Å². The van der Waals surface area contributed by atoms with Gasteiger partial charge in [-0.3, -0.25) is 4.79 Å². The summed E-state index contributed by atoms with van der Waals surface area (Å²) >= 11 is 0. The molecule has 0 aliphatic carbocycles. The Morgan fingerprint density at radius 1 is 0.962 bits per heavy atom. The van der Waals surface area contributed by atoms with Crippen LogP contribution in [0.25, 0.3) is 0 Å². The van der Waals surface area contributed by atoms with E-state index in [1.807, 2.05) is 0 Å². The number of esters is 1. The highest BCUT2D eigenvalue weighted by atomic mass is 19.4. The molecule has 0 aliphatic heterocycles. The predicted molar refractivity (Wildman–Crippen MR) is 81.3 cm³/mol. The minimum Gasteiger partial charge on any atom is -0.463 e. The fourth-order valence-corrected chi connectivity index (χ4v) is 1.97. The van der Waals surface area contributed by atoms with Crippen molar-refractivity contribution in [3.05, 3.63) is 0 Å². The maximum Gasteiger partial charge on any atom is 0.426 e. The molecule has 26 heavy (non-hydrogen) atoms. The van der Waals surface area contributed by atoms with E-state index >= 15 is 0 Å². The molecule has 0 saturated carbocycles. The molecule has 0 amide bonds. The van der Waals surface area contributed by atoms with Gasteiger partial charge in [0.2, 0.25) is 0 Å². The van der Waals surface area contributed by atoms with Crippen molar-refractivity contribution in [2.75, 3.05) is 6.61 Å². The molecule has 0 aromatic carbocycles. The maximum atomic E-state index is 13.3. The van der Waals surface area contributed by atoms with Gasteiger partial charge in [0.1, 0.15) is 6.61 Å². The Morgan fingerprint density at radius 3 is 1.69 bits per heavy atom. The van der Waals surface area contributed by atoms with Crippen molar-refractivity contribution in [1.82, 2.24) is 0 Å². The molecule has 4 nitrogen and oxygen atoms in total. The molecule has 0 rings (SSSR count). The third-order valence-corrected chi connectivity index (χ3v) is 3.76. The first-order valence-electron chi connectivity index (χ1n) is 7.98. The number of hydrogen-bond acceptors (Lipinski definition) is 4. The van der Waals surface area contributed by atoms with E-state index in [9.17, 15) is 36.2 Å². The molecule has 1 unspecified atom stereocenters. The van der Waals surface area contributed by atoms with E-state index in [4.69, 9.17) is 0 Å². The number of carbonyl (C=O) groups is 1. The Kier molecular flexibility index (Phi) is 7.60. The zero-order chi connectivity index (χ0) is 21.2. The predicted octanol–water partition coefficient (Wildman–Crippen LogP) is 4.40. The van der Waals surface area contributed by atoms with E-state index < -0.39 is 54.1 Å². The summed E-state index contributed by atoms with van der Waals surface area (Å²) in [6.07, 6.45) is -15.4. The summed E-state index contributed by atoms with van der Waals surface area (Å²) in [6.45, 7) is 6.76. The minimum absolute atomic E-state index is 0.337. The van der Waals surface area contributed by atoms with Gasteiger partial charge >= 0.3 is 18.3 Å². The largest absolute Gasteiger partial charge is 0.463 e. The van der Waals surface area contributed by atoms with Crippen LogP contribution < -0.4 is 0 Å². The first-order valence-corrected chi connectivity index (χ1v) is 7.98. The fraction of sp³-hybridized carbons (Fsp3) is 0.938. The number of ether oxygens (including phenoxy) is 2. The van der Waals surface area contributed by atoms with E-state index in [0.717, 1.165) is 20.8 Å². The lowest BCUT2D eigenvalue weighted by Crippen LogP contribution is -2.63. The van der Waals surface area contributed by atoms with Crippen LogP contribution in [-0.2, 0) is 14.3 Å². The van der Waals surface area contributed by atoms with Gasteiger partial charge in [0, 0.05) is 6.42 Å². The van der Waals surface area contributed by atoms with Gasteiger partial charge in [0.15, 0.2) is 0 Å². The highest BCUT2D eigenvalue weighted by Gasteiger charge is 2.73. The monoisotopic (exact) mass is 396 g/mol. The zero-order valence-electron chi connectivity index (χ0n) is 15.6. The van der Waals surface area contributed by atoms with E-state index in [0.29, 0.717) is 6.42 Å². The second kappa shape index (κ2) is 7.92. The van der Waals surface area contributed by atoms with Crippen molar-refractivity contribution in [2.24, 2.45) is 5.41 Å². The van der Waals surface area contributed by atoms with Gasteiger partial charge < -0.3 is 14.6 Å². The molecule has 0 aromatic heterocycles. The van der Waals surface area contributed by atoms with Gasteiger partial charge in [-0.25, -0.2) is 0 Å². The number of alkyl halides is 6. The number of aliphatic hydroxyl groups is 1. The summed E-state index contributed by atoms with van der Waals surface area (Å²) in [7, 11) is 0. The van der Waals surface area contributed by atoms with E-state index in [2.05, 4.69) is 9.47 Å². The molecule has 0 heterocycles. The third kappa shape index (κ3) is 6.29. The second-order valence-electron chi connectivity index (χ2n) is 7.73. The first-order chi connectivity index (χ1) is 11.3.